The van der Waals surface area contributed by atoms with Gasteiger partial charge in [0.05, 0.1) is 25.8 Å². The van der Waals surface area contributed by atoms with Crippen LogP contribution in [0.1, 0.15) is 29.8 Å². The van der Waals surface area contributed by atoms with Crippen LogP contribution < -0.4 is 0 Å². The van der Waals surface area contributed by atoms with E-state index in [1.54, 1.807) is 24.7 Å². The number of aryl methyl sites for hydroxylation is 1. The van der Waals surface area contributed by atoms with Gasteiger partial charge in [0.1, 0.15) is 0 Å². The molecule has 0 saturated heterocycles. The van der Waals surface area contributed by atoms with Gasteiger partial charge in [-0.2, -0.15) is 5.10 Å². The molecule has 2 aromatic rings. The summed E-state index contributed by atoms with van der Waals surface area (Å²) in [7, 11) is 1.38. The third-order valence-corrected chi connectivity index (χ3v) is 3.65. The lowest BCUT2D eigenvalue weighted by Crippen LogP contribution is -2.18. The van der Waals surface area contributed by atoms with Crippen LogP contribution in [-0.2, 0) is 16.1 Å². The molecule has 5 heteroatoms. The highest BCUT2D eigenvalue weighted by Crippen LogP contribution is 2.24. The molecule has 5 nitrogen and oxygen atoms in total. The second kappa shape index (κ2) is 6.56. The van der Waals surface area contributed by atoms with Crippen molar-refractivity contribution < 1.29 is 14.3 Å². The number of carbonyl (C=O) groups excluding carboxylic acids is 2. The molecule has 0 aliphatic heterocycles. The monoisotopic (exact) mass is 300 g/mol. The molecule has 0 radical (unpaired) electrons. The zero-order chi connectivity index (χ0) is 16.3. The minimum absolute atomic E-state index is 0.0351. The average Bonchev–Trinajstić information content (AvgIpc) is 2.94. The van der Waals surface area contributed by atoms with Gasteiger partial charge in [-0.05, 0) is 31.0 Å². The molecule has 22 heavy (non-hydrogen) atoms. The maximum absolute atomic E-state index is 11.5. The van der Waals surface area contributed by atoms with Gasteiger partial charge in [0.2, 0.25) is 0 Å². The van der Waals surface area contributed by atoms with E-state index in [9.17, 15) is 9.59 Å². The Labute approximate surface area is 129 Å². The van der Waals surface area contributed by atoms with E-state index >= 15 is 0 Å². The maximum Gasteiger partial charge on any atom is 0.310 e. The molecular formula is C17H20N2O3. The summed E-state index contributed by atoms with van der Waals surface area (Å²) in [5.74, 6) is -0.484. The van der Waals surface area contributed by atoms with Crippen LogP contribution >= 0.6 is 0 Å². The zero-order valence-electron chi connectivity index (χ0n) is 13.3. The fraction of sp³-hybridized carbons (Fsp3) is 0.353. The van der Waals surface area contributed by atoms with Crippen molar-refractivity contribution in [3.8, 4) is 11.1 Å². The van der Waals surface area contributed by atoms with Gasteiger partial charge in [-0.3, -0.25) is 14.3 Å². The molecule has 0 aliphatic carbocycles. The number of nitrogens with zero attached hydrogens (tertiary/aromatic N) is 2. The fourth-order valence-corrected chi connectivity index (χ4v) is 2.31. The van der Waals surface area contributed by atoms with Gasteiger partial charge < -0.3 is 4.74 Å². The number of carbonyl (C=O) groups is 2. The highest BCUT2D eigenvalue weighted by atomic mass is 16.5. The van der Waals surface area contributed by atoms with Gasteiger partial charge >= 0.3 is 5.97 Å². The van der Waals surface area contributed by atoms with Crippen molar-refractivity contribution in [1.29, 1.82) is 0 Å². The summed E-state index contributed by atoms with van der Waals surface area (Å²) in [6.45, 7) is 5.80. The Morgan fingerprint density at radius 3 is 2.73 bits per heavy atom. The molecule has 0 bridgehead atoms. The number of benzene rings is 1. The Balaban J connectivity index is 2.26. The van der Waals surface area contributed by atoms with Crippen LogP contribution in [0.15, 0.2) is 30.6 Å². The van der Waals surface area contributed by atoms with Crippen molar-refractivity contribution >= 4 is 11.8 Å². The topological polar surface area (TPSA) is 61.2 Å². The van der Waals surface area contributed by atoms with Gasteiger partial charge in [-0.1, -0.05) is 19.1 Å². The van der Waals surface area contributed by atoms with Crippen molar-refractivity contribution in [1.82, 2.24) is 9.78 Å². The average molecular weight is 300 g/mol. The van der Waals surface area contributed by atoms with Gasteiger partial charge in [-0.15, -0.1) is 0 Å². The number of ketones is 1. The first-order valence-corrected chi connectivity index (χ1v) is 7.14. The Morgan fingerprint density at radius 2 is 2.09 bits per heavy atom. The summed E-state index contributed by atoms with van der Waals surface area (Å²) in [5.41, 5.74) is 3.66. The third kappa shape index (κ3) is 3.42. The van der Waals surface area contributed by atoms with Crippen LogP contribution in [-0.4, -0.2) is 28.6 Å². The minimum Gasteiger partial charge on any atom is -0.469 e. The van der Waals surface area contributed by atoms with Crippen LogP contribution in [0.5, 0.6) is 0 Å². The van der Waals surface area contributed by atoms with Crippen LogP contribution in [0.4, 0.5) is 0 Å². The second-order valence-corrected chi connectivity index (χ2v) is 5.46. The molecule has 116 valence electrons. The maximum atomic E-state index is 11.5. The van der Waals surface area contributed by atoms with Gasteiger partial charge in [0.15, 0.2) is 5.78 Å². The number of methoxy groups -OCH3 is 1. The molecule has 1 atom stereocenters. The molecular weight excluding hydrogens is 280 g/mol. The van der Waals surface area contributed by atoms with E-state index in [0.29, 0.717) is 12.1 Å². The number of hydrogen-bond donors (Lipinski definition) is 0. The number of esters is 1. The van der Waals surface area contributed by atoms with E-state index in [-0.39, 0.29) is 17.7 Å². The molecule has 2 rings (SSSR count). The van der Waals surface area contributed by atoms with Gasteiger partial charge in [-0.25, -0.2) is 0 Å². The first-order chi connectivity index (χ1) is 10.4. The van der Waals surface area contributed by atoms with Crippen molar-refractivity contribution in [2.45, 2.75) is 27.3 Å². The molecule has 1 unspecified atom stereocenters. The summed E-state index contributed by atoms with van der Waals surface area (Å²) in [4.78, 5) is 23.0. The quantitative estimate of drug-likeness (QED) is 0.629. The Morgan fingerprint density at radius 1 is 1.36 bits per heavy atom. The standard InChI is InChI=1S/C17H20N2O3/c1-11-5-6-14(13(3)20)7-16(11)15-8-18-19(10-15)9-12(2)17(21)22-4/h5-8,10,12H,9H2,1-4H3. The van der Waals surface area contributed by atoms with E-state index in [1.165, 1.54) is 7.11 Å². The Hall–Kier alpha value is -2.43. The number of ether oxygens (including phenoxy) is 1. The molecule has 0 amide bonds. The van der Waals surface area contributed by atoms with E-state index < -0.39 is 0 Å². The summed E-state index contributed by atoms with van der Waals surface area (Å²) in [6.07, 6.45) is 3.63. The second-order valence-electron chi connectivity index (χ2n) is 5.46. The van der Waals surface area contributed by atoms with Crippen LogP contribution in [0.2, 0.25) is 0 Å². The summed E-state index contributed by atoms with van der Waals surface area (Å²) in [5, 5.41) is 4.29. The SMILES string of the molecule is COC(=O)C(C)Cn1cc(-c2cc(C(C)=O)ccc2C)cn1. The first-order valence-electron chi connectivity index (χ1n) is 7.14. The number of aromatic nitrogens is 2. The minimum atomic E-state index is -0.262. The molecule has 1 aromatic heterocycles. The molecule has 0 saturated carbocycles. The lowest BCUT2D eigenvalue weighted by molar-refractivity contribution is -0.145. The van der Waals surface area contributed by atoms with Crippen molar-refractivity contribution in [2.75, 3.05) is 7.11 Å². The van der Waals surface area contributed by atoms with E-state index in [4.69, 9.17) is 4.74 Å². The number of rotatable bonds is 5. The van der Waals surface area contributed by atoms with Crippen LogP contribution in [0, 0.1) is 12.8 Å². The van der Waals surface area contributed by atoms with Gasteiger partial charge in [0, 0.05) is 17.3 Å². The zero-order valence-corrected chi connectivity index (χ0v) is 13.3. The number of Topliss-reactive ketones (excluding diaryl/α,β-unsaturated/α-hetero) is 1. The Kier molecular flexibility index (Phi) is 4.75. The predicted molar refractivity (Wildman–Crippen MR) is 83.6 cm³/mol. The molecule has 0 spiro atoms. The van der Waals surface area contributed by atoms with Crippen molar-refractivity contribution in [3.05, 3.63) is 41.7 Å². The largest absolute Gasteiger partial charge is 0.469 e. The molecule has 0 aliphatic rings. The molecule has 1 heterocycles. The van der Waals surface area contributed by atoms with Crippen molar-refractivity contribution in [2.24, 2.45) is 5.92 Å². The lowest BCUT2D eigenvalue weighted by atomic mass is 9.99. The van der Waals surface area contributed by atoms with Crippen molar-refractivity contribution in [3.63, 3.8) is 0 Å². The fourth-order valence-electron chi connectivity index (χ4n) is 2.31. The summed E-state index contributed by atoms with van der Waals surface area (Å²) >= 11 is 0. The normalized spacial score (nSPS) is 12.0. The summed E-state index contributed by atoms with van der Waals surface area (Å²) in [6, 6.07) is 5.63. The van der Waals surface area contributed by atoms with E-state index in [1.807, 2.05) is 31.3 Å². The smallest absolute Gasteiger partial charge is 0.310 e. The summed E-state index contributed by atoms with van der Waals surface area (Å²) < 4.78 is 6.44. The molecule has 0 N–H and O–H groups in total. The van der Waals surface area contributed by atoms with E-state index in [2.05, 4.69) is 5.10 Å². The van der Waals surface area contributed by atoms with E-state index in [0.717, 1.165) is 16.7 Å². The Bertz CT molecular complexity index is 704. The molecule has 1 aromatic carbocycles. The van der Waals surface area contributed by atoms with Gasteiger partial charge in [0.25, 0.3) is 0 Å². The highest BCUT2D eigenvalue weighted by molar-refractivity contribution is 5.95. The number of hydrogen-bond acceptors (Lipinski definition) is 4. The van der Waals surface area contributed by atoms with Crippen LogP contribution in [0.25, 0.3) is 11.1 Å². The third-order valence-electron chi connectivity index (χ3n) is 3.65. The predicted octanol–water partition coefficient (Wildman–Crippen LogP) is 2.87. The van der Waals surface area contributed by atoms with Crippen LogP contribution in [0.3, 0.4) is 0 Å². The molecule has 0 fully saturated rings. The lowest BCUT2D eigenvalue weighted by Gasteiger charge is -2.09. The highest BCUT2D eigenvalue weighted by Gasteiger charge is 2.15. The first kappa shape index (κ1) is 15.9.